The predicted octanol–water partition coefficient (Wildman–Crippen LogP) is 2.04. The van der Waals surface area contributed by atoms with Crippen molar-refractivity contribution in [1.82, 2.24) is 5.32 Å². The molecule has 0 aliphatic heterocycles. The Kier molecular flexibility index (Phi) is 7.63. The summed E-state index contributed by atoms with van der Waals surface area (Å²) in [5.41, 5.74) is 1.37. The summed E-state index contributed by atoms with van der Waals surface area (Å²) in [7, 11) is 3.47. The predicted molar refractivity (Wildman–Crippen MR) is 70.4 cm³/mol. The lowest BCUT2D eigenvalue weighted by molar-refractivity contribution is 0.183. The number of methoxy groups -OCH3 is 2. The Morgan fingerprint density at radius 3 is 2.41 bits per heavy atom. The molecule has 0 heterocycles. The molecule has 3 heteroatoms. The monoisotopic (exact) mass is 237 g/mol. The highest BCUT2D eigenvalue weighted by molar-refractivity contribution is 5.19. The molecule has 1 atom stereocenters. The first-order valence-corrected chi connectivity index (χ1v) is 6.12. The number of benzene rings is 1. The van der Waals surface area contributed by atoms with Crippen LogP contribution in [-0.2, 0) is 9.47 Å². The highest BCUT2D eigenvalue weighted by Crippen LogP contribution is 2.18. The van der Waals surface area contributed by atoms with Crippen LogP contribution in [0.5, 0.6) is 0 Å². The quantitative estimate of drug-likeness (QED) is 0.667. The van der Waals surface area contributed by atoms with Crippen molar-refractivity contribution in [3.05, 3.63) is 35.9 Å². The van der Waals surface area contributed by atoms with E-state index in [0.717, 1.165) is 32.7 Å². The molecule has 1 rings (SSSR count). The summed E-state index contributed by atoms with van der Waals surface area (Å²) in [4.78, 5) is 0. The van der Waals surface area contributed by atoms with Gasteiger partial charge < -0.3 is 14.8 Å². The van der Waals surface area contributed by atoms with Gasteiger partial charge in [0, 0.05) is 33.9 Å². The van der Waals surface area contributed by atoms with E-state index in [-0.39, 0.29) is 0 Å². The normalized spacial score (nSPS) is 12.6. The molecule has 1 unspecified atom stereocenters. The molecule has 0 saturated carbocycles. The van der Waals surface area contributed by atoms with Crippen molar-refractivity contribution in [3.63, 3.8) is 0 Å². The fourth-order valence-corrected chi connectivity index (χ4v) is 1.82. The first kappa shape index (κ1) is 14.2. The molecule has 1 aromatic carbocycles. The molecule has 0 aliphatic rings. The summed E-state index contributed by atoms with van der Waals surface area (Å²) in [6, 6.07) is 10.6. The molecule has 1 aromatic rings. The Hall–Kier alpha value is -0.900. The molecule has 3 nitrogen and oxygen atoms in total. The molecular formula is C14H23NO2. The van der Waals surface area contributed by atoms with Crippen molar-refractivity contribution in [2.24, 2.45) is 0 Å². The lowest BCUT2D eigenvalue weighted by Crippen LogP contribution is -2.25. The van der Waals surface area contributed by atoms with Crippen LogP contribution in [0, 0.1) is 0 Å². The van der Waals surface area contributed by atoms with Crippen LogP contribution in [0.4, 0.5) is 0 Å². The standard InChI is InChI=1S/C14H23NO2/c1-16-10-8-14(12-15-9-11-17-2)13-6-4-3-5-7-13/h3-7,14-15H,8-12H2,1-2H3. The second-order valence-electron chi connectivity index (χ2n) is 4.09. The zero-order chi connectivity index (χ0) is 12.3. The fourth-order valence-electron chi connectivity index (χ4n) is 1.82. The van der Waals surface area contributed by atoms with Gasteiger partial charge in [0.25, 0.3) is 0 Å². The second kappa shape index (κ2) is 9.16. The number of ether oxygens (including phenoxy) is 2. The number of hydrogen-bond acceptors (Lipinski definition) is 3. The van der Waals surface area contributed by atoms with E-state index in [1.165, 1.54) is 5.56 Å². The Bertz CT molecular complexity index is 277. The Balaban J connectivity index is 2.43. The van der Waals surface area contributed by atoms with Crippen LogP contribution in [0.15, 0.2) is 30.3 Å². The Morgan fingerprint density at radius 2 is 1.76 bits per heavy atom. The summed E-state index contributed by atoms with van der Waals surface area (Å²) in [6.45, 7) is 3.42. The van der Waals surface area contributed by atoms with E-state index in [4.69, 9.17) is 9.47 Å². The van der Waals surface area contributed by atoms with Gasteiger partial charge in [-0.25, -0.2) is 0 Å². The molecule has 0 saturated heterocycles. The second-order valence-corrected chi connectivity index (χ2v) is 4.09. The molecule has 96 valence electrons. The number of hydrogen-bond donors (Lipinski definition) is 1. The van der Waals surface area contributed by atoms with Crippen molar-refractivity contribution in [2.75, 3.05) is 40.5 Å². The Labute approximate surface area is 104 Å². The maximum absolute atomic E-state index is 5.17. The maximum atomic E-state index is 5.17. The van der Waals surface area contributed by atoms with Crippen molar-refractivity contribution in [3.8, 4) is 0 Å². The van der Waals surface area contributed by atoms with Gasteiger partial charge in [0.1, 0.15) is 0 Å². The maximum Gasteiger partial charge on any atom is 0.0587 e. The number of nitrogens with one attached hydrogen (secondary N) is 1. The van der Waals surface area contributed by atoms with Gasteiger partial charge in [-0.1, -0.05) is 30.3 Å². The van der Waals surface area contributed by atoms with Gasteiger partial charge in [-0.2, -0.15) is 0 Å². The van der Waals surface area contributed by atoms with Gasteiger partial charge in [0.05, 0.1) is 6.61 Å². The van der Waals surface area contributed by atoms with Gasteiger partial charge >= 0.3 is 0 Å². The third-order valence-corrected chi connectivity index (χ3v) is 2.82. The summed E-state index contributed by atoms with van der Waals surface area (Å²) >= 11 is 0. The van der Waals surface area contributed by atoms with Crippen LogP contribution in [-0.4, -0.2) is 40.5 Å². The molecule has 0 fully saturated rings. The number of rotatable bonds is 9. The van der Waals surface area contributed by atoms with E-state index in [0.29, 0.717) is 5.92 Å². The molecule has 0 bridgehead atoms. The van der Waals surface area contributed by atoms with Crippen molar-refractivity contribution in [2.45, 2.75) is 12.3 Å². The molecule has 0 spiro atoms. The smallest absolute Gasteiger partial charge is 0.0587 e. The zero-order valence-corrected chi connectivity index (χ0v) is 10.8. The van der Waals surface area contributed by atoms with Crippen LogP contribution >= 0.6 is 0 Å². The van der Waals surface area contributed by atoms with Crippen LogP contribution in [0.2, 0.25) is 0 Å². The lowest BCUT2D eigenvalue weighted by atomic mass is 9.96. The SMILES string of the molecule is COCCNCC(CCOC)c1ccccc1. The topological polar surface area (TPSA) is 30.5 Å². The average Bonchev–Trinajstić information content (AvgIpc) is 2.39. The minimum atomic E-state index is 0.507. The molecule has 0 aromatic heterocycles. The fraction of sp³-hybridized carbons (Fsp3) is 0.571. The van der Waals surface area contributed by atoms with Crippen LogP contribution in [0.1, 0.15) is 17.9 Å². The van der Waals surface area contributed by atoms with Gasteiger partial charge in [-0.15, -0.1) is 0 Å². The van der Waals surface area contributed by atoms with Crippen LogP contribution in [0.3, 0.4) is 0 Å². The minimum absolute atomic E-state index is 0.507. The molecule has 0 amide bonds. The first-order valence-electron chi connectivity index (χ1n) is 6.12. The van der Waals surface area contributed by atoms with Gasteiger partial charge in [-0.3, -0.25) is 0 Å². The molecular weight excluding hydrogens is 214 g/mol. The third kappa shape index (κ3) is 5.82. The van der Waals surface area contributed by atoms with Crippen LogP contribution < -0.4 is 5.32 Å². The van der Waals surface area contributed by atoms with E-state index in [9.17, 15) is 0 Å². The highest BCUT2D eigenvalue weighted by atomic mass is 16.5. The summed E-state index contributed by atoms with van der Waals surface area (Å²) < 4.78 is 10.2. The van der Waals surface area contributed by atoms with Crippen molar-refractivity contribution < 1.29 is 9.47 Å². The molecule has 17 heavy (non-hydrogen) atoms. The van der Waals surface area contributed by atoms with Crippen molar-refractivity contribution in [1.29, 1.82) is 0 Å². The van der Waals surface area contributed by atoms with Gasteiger partial charge in [0.2, 0.25) is 0 Å². The minimum Gasteiger partial charge on any atom is -0.385 e. The van der Waals surface area contributed by atoms with Gasteiger partial charge in [-0.05, 0) is 17.9 Å². The largest absolute Gasteiger partial charge is 0.385 e. The van der Waals surface area contributed by atoms with E-state index in [1.807, 2.05) is 0 Å². The van der Waals surface area contributed by atoms with E-state index < -0.39 is 0 Å². The van der Waals surface area contributed by atoms with Gasteiger partial charge in [0.15, 0.2) is 0 Å². The summed E-state index contributed by atoms with van der Waals surface area (Å²) in [5.74, 6) is 0.507. The first-order chi connectivity index (χ1) is 8.38. The van der Waals surface area contributed by atoms with E-state index in [1.54, 1.807) is 14.2 Å². The van der Waals surface area contributed by atoms with Crippen LogP contribution in [0.25, 0.3) is 0 Å². The van der Waals surface area contributed by atoms with E-state index in [2.05, 4.69) is 35.6 Å². The summed E-state index contributed by atoms with van der Waals surface area (Å²) in [5, 5.41) is 3.41. The van der Waals surface area contributed by atoms with Crippen molar-refractivity contribution >= 4 is 0 Å². The Morgan fingerprint density at radius 1 is 1.06 bits per heavy atom. The zero-order valence-electron chi connectivity index (χ0n) is 10.8. The molecule has 0 aliphatic carbocycles. The third-order valence-electron chi connectivity index (χ3n) is 2.82. The van der Waals surface area contributed by atoms with E-state index >= 15 is 0 Å². The molecule has 0 radical (unpaired) electrons. The molecule has 1 N–H and O–H groups in total. The average molecular weight is 237 g/mol. The highest BCUT2D eigenvalue weighted by Gasteiger charge is 2.10. The summed E-state index contributed by atoms with van der Waals surface area (Å²) in [6.07, 6.45) is 1.04. The lowest BCUT2D eigenvalue weighted by Gasteiger charge is -2.17.